The summed E-state index contributed by atoms with van der Waals surface area (Å²) in [6, 6.07) is 27.1. The molecule has 0 N–H and O–H groups in total. The number of anilines is 1. The second-order valence-corrected chi connectivity index (χ2v) is 10.6. The van der Waals surface area contributed by atoms with Gasteiger partial charge in [-0.05, 0) is 60.7 Å². The van der Waals surface area contributed by atoms with Crippen LogP contribution in [0.1, 0.15) is 16.8 Å². The van der Waals surface area contributed by atoms with Gasteiger partial charge in [0.25, 0.3) is 5.91 Å². The molecule has 1 amide bonds. The summed E-state index contributed by atoms with van der Waals surface area (Å²) in [5.74, 6) is -0.0297. The van der Waals surface area contributed by atoms with E-state index in [0.29, 0.717) is 10.1 Å². The van der Waals surface area contributed by atoms with Crippen molar-refractivity contribution in [3.8, 4) is 0 Å². The molecule has 0 atom stereocenters. The SMILES string of the molecule is Cc1c(/C=C2\SC(=Nc3ccc(N4CCOCC4)cc3)N(C)C2=O)c2ccccc2n1Cc1ccccc1. The van der Waals surface area contributed by atoms with E-state index >= 15 is 0 Å². The molecule has 3 aromatic carbocycles. The Kier molecular flexibility index (Phi) is 6.79. The summed E-state index contributed by atoms with van der Waals surface area (Å²) in [6.07, 6.45) is 2.03. The largest absolute Gasteiger partial charge is 0.378 e. The Balaban J connectivity index is 1.29. The molecule has 2 aliphatic heterocycles. The summed E-state index contributed by atoms with van der Waals surface area (Å²) in [6.45, 7) is 6.23. The number of fused-ring (bicyclic) bond motifs is 1. The van der Waals surface area contributed by atoms with E-state index < -0.39 is 0 Å². The van der Waals surface area contributed by atoms with Gasteiger partial charge in [0.15, 0.2) is 5.17 Å². The molecule has 2 saturated heterocycles. The number of carbonyl (C=O) groups excluding carboxylic acids is 1. The predicted octanol–water partition coefficient (Wildman–Crippen LogP) is 6.07. The van der Waals surface area contributed by atoms with Gasteiger partial charge in [-0.25, -0.2) is 4.99 Å². The van der Waals surface area contributed by atoms with Crippen molar-refractivity contribution in [2.45, 2.75) is 13.5 Å². The lowest BCUT2D eigenvalue weighted by molar-refractivity contribution is -0.121. The Bertz CT molecular complexity index is 1530. The van der Waals surface area contributed by atoms with Gasteiger partial charge < -0.3 is 14.2 Å². The summed E-state index contributed by atoms with van der Waals surface area (Å²) in [7, 11) is 1.79. The number of rotatable bonds is 5. The van der Waals surface area contributed by atoms with Gasteiger partial charge in [-0.3, -0.25) is 9.69 Å². The van der Waals surface area contributed by atoms with Gasteiger partial charge in [-0.1, -0.05) is 48.5 Å². The summed E-state index contributed by atoms with van der Waals surface area (Å²) in [5.41, 5.74) is 6.64. The normalized spacial score (nSPS) is 18.3. The third kappa shape index (κ3) is 4.75. The van der Waals surface area contributed by atoms with Crippen molar-refractivity contribution in [1.29, 1.82) is 0 Å². The second kappa shape index (κ2) is 10.5. The highest BCUT2D eigenvalue weighted by atomic mass is 32.2. The van der Waals surface area contributed by atoms with Gasteiger partial charge in [0.2, 0.25) is 0 Å². The van der Waals surface area contributed by atoms with E-state index in [1.54, 1.807) is 11.9 Å². The van der Waals surface area contributed by atoms with Crippen LogP contribution in [0.2, 0.25) is 0 Å². The maximum atomic E-state index is 13.2. The van der Waals surface area contributed by atoms with Crippen LogP contribution in [0.3, 0.4) is 0 Å². The Morgan fingerprint density at radius 3 is 2.42 bits per heavy atom. The topological polar surface area (TPSA) is 50.1 Å². The molecule has 0 aliphatic carbocycles. The van der Waals surface area contributed by atoms with E-state index in [1.807, 2.05) is 24.3 Å². The fourth-order valence-electron chi connectivity index (χ4n) is 5.06. The Morgan fingerprint density at radius 1 is 0.947 bits per heavy atom. The lowest BCUT2D eigenvalue weighted by Gasteiger charge is -2.28. The Hall–Kier alpha value is -3.81. The number of carbonyl (C=O) groups is 1. The molecule has 4 aromatic rings. The smallest absolute Gasteiger partial charge is 0.266 e. The number of morpholine rings is 1. The lowest BCUT2D eigenvalue weighted by atomic mass is 10.1. The molecule has 0 saturated carbocycles. The number of para-hydroxylation sites is 1. The zero-order chi connectivity index (χ0) is 26.1. The zero-order valence-electron chi connectivity index (χ0n) is 21.6. The highest BCUT2D eigenvalue weighted by Crippen LogP contribution is 2.36. The lowest BCUT2D eigenvalue weighted by Crippen LogP contribution is -2.36. The third-order valence-electron chi connectivity index (χ3n) is 7.19. The number of thioether (sulfide) groups is 1. The molecule has 0 spiro atoms. The number of aromatic nitrogens is 1. The summed E-state index contributed by atoms with van der Waals surface area (Å²) >= 11 is 1.43. The van der Waals surface area contributed by atoms with Gasteiger partial charge in [0.05, 0.1) is 23.8 Å². The molecule has 0 bridgehead atoms. The van der Waals surface area contributed by atoms with Crippen LogP contribution in [-0.4, -0.2) is 53.9 Å². The first-order valence-electron chi connectivity index (χ1n) is 12.9. The van der Waals surface area contributed by atoms with Crippen molar-refractivity contribution in [1.82, 2.24) is 9.47 Å². The fourth-order valence-corrected chi connectivity index (χ4v) is 6.03. The molecule has 0 unspecified atom stereocenters. The standard InChI is InChI=1S/C31H30N4O2S/c1-22-27(26-10-6-7-11-28(26)35(22)21-23-8-4-3-5-9-23)20-29-30(36)33(2)31(38-29)32-24-12-14-25(15-13-24)34-16-18-37-19-17-34/h3-15,20H,16-19,21H2,1-2H3/b29-20-,32-31?. The zero-order valence-corrected chi connectivity index (χ0v) is 22.4. The summed E-state index contributed by atoms with van der Waals surface area (Å²) < 4.78 is 7.79. The van der Waals surface area contributed by atoms with Crippen LogP contribution in [0.4, 0.5) is 11.4 Å². The number of ether oxygens (including phenoxy) is 1. The summed E-state index contributed by atoms with van der Waals surface area (Å²) in [5, 5.41) is 1.83. The number of nitrogens with zero attached hydrogens (tertiary/aromatic N) is 4. The number of aliphatic imine (C=N–C) groups is 1. The fraction of sp³-hybridized carbons (Fsp3) is 0.226. The van der Waals surface area contributed by atoms with Gasteiger partial charge >= 0.3 is 0 Å². The molecular formula is C31H30N4O2S. The van der Waals surface area contributed by atoms with Crippen LogP contribution >= 0.6 is 11.8 Å². The highest BCUT2D eigenvalue weighted by molar-refractivity contribution is 8.18. The minimum Gasteiger partial charge on any atom is -0.378 e. The van der Waals surface area contributed by atoms with E-state index in [1.165, 1.54) is 28.5 Å². The highest BCUT2D eigenvalue weighted by Gasteiger charge is 2.31. The van der Waals surface area contributed by atoms with E-state index in [9.17, 15) is 4.79 Å². The van der Waals surface area contributed by atoms with Crippen molar-refractivity contribution in [3.63, 3.8) is 0 Å². The summed E-state index contributed by atoms with van der Waals surface area (Å²) in [4.78, 5) is 22.7. The Morgan fingerprint density at radius 2 is 1.66 bits per heavy atom. The van der Waals surface area contributed by atoms with Crippen LogP contribution in [0.5, 0.6) is 0 Å². The molecule has 6 rings (SSSR count). The van der Waals surface area contributed by atoms with Gasteiger partial charge in [-0.2, -0.15) is 0 Å². The van der Waals surface area contributed by atoms with E-state index in [2.05, 4.69) is 77.1 Å². The third-order valence-corrected chi connectivity index (χ3v) is 8.25. The van der Waals surface area contributed by atoms with E-state index in [-0.39, 0.29) is 5.91 Å². The van der Waals surface area contributed by atoms with Crippen LogP contribution < -0.4 is 4.90 Å². The number of hydrogen-bond acceptors (Lipinski definition) is 5. The molecule has 7 heteroatoms. The van der Waals surface area contributed by atoms with E-state index in [4.69, 9.17) is 9.73 Å². The molecule has 6 nitrogen and oxygen atoms in total. The average Bonchev–Trinajstić information content (AvgIpc) is 3.38. The molecule has 1 aromatic heterocycles. The van der Waals surface area contributed by atoms with Crippen molar-refractivity contribution < 1.29 is 9.53 Å². The number of amides is 1. The van der Waals surface area contributed by atoms with Crippen LogP contribution in [0.25, 0.3) is 17.0 Å². The first-order valence-corrected chi connectivity index (χ1v) is 13.7. The van der Waals surface area contributed by atoms with Gasteiger partial charge in [0, 0.05) is 54.5 Å². The molecule has 2 aliphatic rings. The molecule has 3 heterocycles. The van der Waals surface area contributed by atoms with Crippen LogP contribution in [-0.2, 0) is 16.1 Å². The minimum absolute atomic E-state index is 0.0297. The first kappa shape index (κ1) is 24.5. The number of amidine groups is 1. The molecule has 38 heavy (non-hydrogen) atoms. The number of likely N-dealkylation sites (N-methyl/N-ethyl adjacent to an activating group) is 1. The Labute approximate surface area is 227 Å². The quantitative estimate of drug-likeness (QED) is 0.299. The molecule has 192 valence electrons. The van der Waals surface area contributed by atoms with Crippen molar-refractivity contribution >= 4 is 51.2 Å². The monoisotopic (exact) mass is 522 g/mol. The van der Waals surface area contributed by atoms with Crippen molar-refractivity contribution in [2.24, 2.45) is 4.99 Å². The second-order valence-electron chi connectivity index (χ2n) is 9.57. The van der Waals surface area contributed by atoms with Crippen LogP contribution in [0.15, 0.2) is 88.8 Å². The van der Waals surface area contributed by atoms with Crippen LogP contribution in [0, 0.1) is 6.92 Å². The van der Waals surface area contributed by atoms with Gasteiger partial charge in [0.1, 0.15) is 0 Å². The van der Waals surface area contributed by atoms with E-state index in [0.717, 1.165) is 55.2 Å². The maximum absolute atomic E-state index is 13.2. The van der Waals surface area contributed by atoms with Crippen molar-refractivity contribution in [2.75, 3.05) is 38.3 Å². The molecule has 2 fully saturated rings. The number of benzene rings is 3. The minimum atomic E-state index is -0.0297. The maximum Gasteiger partial charge on any atom is 0.266 e. The predicted molar refractivity (Wildman–Crippen MR) is 157 cm³/mol. The van der Waals surface area contributed by atoms with Crippen molar-refractivity contribution in [3.05, 3.63) is 101 Å². The number of hydrogen-bond donors (Lipinski definition) is 0. The van der Waals surface area contributed by atoms with Gasteiger partial charge in [-0.15, -0.1) is 0 Å². The average molecular weight is 523 g/mol. The molecular weight excluding hydrogens is 492 g/mol. The first-order chi connectivity index (χ1) is 18.6. The molecule has 0 radical (unpaired) electrons.